The van der Waals surface area contributed by atoms with Crippen molar-refractivity contribution in [2.75, 3.05) is 0 Å². The van der Waals surface area contributed by atoms with Gasteiger partial charge in [-0.15, -0.1) is 0 Å². The maximum absolute atomic E-state index is 11.5. The van der Waals surface area contributed by atoms with Crippen LogP contribution in [-0.2, 0) is 19.4 Å². The fourth-order valence-corrected chi connectivity index (χ4v) is 5.57. The number of imidazole rings is 1. The molecule has 2 aliphatic rings. The van der Waals surface area contributed by atoms with Crippen molar-refractivity contribution in [1.82, 2.24) is 24.5 Å². The van der Waals surface area contributed by atoms with E-state index in [0.29, 0.717) is 46.8 Å². The molecule has 40 heavy (non-hydrogen) atoms. The summed E-state index contributed by atoms with van der Waals surface area (Å²) in [5.74, 6) is 1.52. The van der Waals surface area contributed by atoms with Gasteiger partial charge in [0.25, 0.3) is 0 Å². The highest BCUT2D eigenvalue weighted by Crippen LogP contribution is 2.47. The zero-order chi connectivity index (χ0) is 27.7. The molecular weight excluding hydrogens is 528 g/mol. The van der Waals surface area contributed by atoms with Crippen LogP contribution in [0.2, 0.25) is 5.02 Å². The molecule has 0 radical (unpaired) electrons. The Bertz CT molecular complexity index is 1580. The van der Waals surface area contributed by atoms with Crippen molar-refractivity contribution < 1.29 is 14.6 Å². The second-order valence-corrected chi connectivity index (χ2v) is 11.4. The number of pyridine rings is 1. The van der Waals surface area contributed by atoms with Crippen molar-refractivity contribution in [3.8, 4) is 11.9 Å². The van der Waals surface area contributed by atoms with Crippen molar-refractivity contribution in [3.05, 3.63) is 76.6 Å². The predicted molar refractivity (Wildman–Crippen MR) is 148 cm³/mol. The van der Waals surface area contributed by atoms with Crippen LogP contribution in [0.1, 0.15) is 66.2 Å². The Labute approximate surface area is 236 Å². The van der Waals surface area contributed by atoms with Gasteiger partial charge in [0, 0.05) is 36.7 Å². The smallest absolute Gasteiger partial charge is 0.354 e. The van der Waals surface area contributed by atoms with Crippen LogP contribution in [0.25, 0.3) is 11.2 Å². The standard InChI is InChI=1S/C30H29ClN6O3/c31-21-5-1-19(2-6-21)15-25-33-14-11-27(36-25)40-22-7-3-20(4-8-22)16-26-34-23-9-10-24(29(38)39)35-28(23)37(26)18-30(17-32)12-13-30/h1-2,5-6,9-11,14,20,22H,3-4,7-8,12-13,15-16,18H2,(H,38,39). The summed E-state index contributed by atoms with van der Waals surface area (Å²) in [4.78, 5) is 29.8. The van der Waals surface area contributed by atoms with Gasteiger partial charge in [0.2, 0.25) is 5.88 Å². The molecule has 4 aromatic rings. The molecule has 1 aromatic carbocycles. The number of nitrogens with zero attached hydrogens (tertiary/aromatic N) is 6. The van der Waals surface area contributed by atoms with Gasteiger partial charge in [-0.1, -0.05) is 23.7 Å². The minimum absolute atomic E-state index is 0.0132. The number of carboxylic acids is 1. The van der Waals surface area contributed by atoms with Crippen LogP contribution in [0.3, 0.4) is 0 Å². The molecule has 9 nitrogen and oxygen atoms in total. The van der Waals surface area contributed by atoms with E-state index in [1.54, 1.807) is 18.3 Å². The number of aromatic carboxylic acids is 1. The summed E-state index contributed by atoms with van der Waals surface area (Å²) in [5, 5.41) is 19.9. The third-order valence-corrected chi connectivity index (χ3v) is 8.20. The number of hydrogen-bond donors (Lipinski definition) is 1. The summed E-state index contributed by atoms with van der Waals surface area (Å²) < 4.78 is 8.24. The Morgan fingerprint density at radius 1 is 1.07 bits per heavy atom. The number of benzene rings is 1. The number of nitriles is 1. The van der Waals surface area contributed by atoms with E-state index < -0.39 is 11.4 Å². The van der Waals surface area contributed by atoms with Crippen molar-refractivity contribution in [1.29, 1.82) is 5.26 Å². The van der Waals surface area contributed by atoms with E-state index in [1.165, 1.54) is 6.07 Å². The van der Waals surface area contributed by atoms with E-state index in [9.17, 15) is 15.2 Å². The molecule has 0 spiro atoms. The van der Waals surface area contributed by atoms with Gasteiger partial charge in [-0.25, -0.2) is 19.7 Å². The number of rotatable bonds is 9. The number of hydrogen-bond acceptors (Lipinski definition) is 7. The predicted octanol–water partition coefficient (Wildman–Crippen LogP) is 5.65. The highest BCUT2D eigenvalue weighted by atomic mass is 35.5. The van der Waals surface area contributed by atoms with Gasteiger partial charge in [-0.3, -0.25) is 0 Å². The fraction of sp³-hybridized carbons (Fsp3) is 0.400. The second kappa shape index (κ2) is 10.9. The minimum Gasteiger partial charge on any atom is -0.477 e. The van der Waals surface area contributed by atoms with Gasteiger partial charge in [-0.05, 0) is 74.3 Å². The Balaban J connectivity index is 1.11. The zero-order valence-corrected chi connectivity index (χ0v) is 22.7. The van der Waals surface area contributed by atoms with E-state index in [0.717, 1.165) is 56.3 Å². The van der Waals surface area contributed by atoms with E-state index in [-0.39, 0.29) is 11.8 Å². The minimum atomic E-state index is -1.07. The summed E-state index contributed by atoms with van der Waals surface area (Å²) in [6.07, 6.45) is 8.65. The van der Waals surface area contributed by atoms with Crippen LogP contribution in [0.15, 0.2) is 48.7 Å². The number of halogens is 1. The summed E-state index contributed by atoms with van der Waals surface area (Å²) >= 11 is 5.99. The van der Waals surface area contributed by atoms with Crippen molar-refractivity contribution in [2.45, 2.75) is 64.0 Å². The first kappa shape index (κ1) is 26.2. The molecule has 2 fully saturated rings. The highest BCUT2D eigenvalue weighted by molar-refractivity contribution is 6.30. The van der Waals surface area contributed by atoms with E-state index >= 15 is 0 Å². The van der Waals surface area contributed by atoms with Gasteiger partial charge in [0.15, 0.2) is 11.3 Å². The van der Waals surface area contributed by atoms with Crippen LogP contribution in [-0.4, -0.2) is 41.7 Å². The van der Waals surface area contributed by atoms with Gasteiger partial charge >= 0.3 is 5.97 Å². The van der Waals surface area contributed by atoms with Crippen LogP contribution in [0, 0.1) is 22.7 Å². The first-order chi connectivity index (χ1) is 19.4. The number of carbonyl (C=O) groups is 1. The molecule has 204 valence electrons. The van der Waals surface area contributed by atoms with Crippen LogP contribution >= 0.6 is 11.6 Å². The van der Waals surface area contributed by atoms with Gasteiger partial charge < -0.3 is 14.4 Å². The molecule has 2 saturated carbocycles. The molecule has 3 aromatic heterocycles. The molecule has 0 amide bonds. The van der Waals surface area contributed by atoms with Crippen LogP contribution in [0.4, 0.5) is 0 Å². The number of fused-ring (bicyclic) bond motifs is 1. The van der Waals surface area contributed by atoms with Crippen molar-refractivity contribution in [3.63, 3.8) is 0 Å². The average molecular weight is 557 g/mol. The molecule has 6 rings (SSSR count). The normalized spacial score (nSPS) is 19.7. The Morgan fingerprint density at radius 2 is 1.85 bits per heavy atom. The fourth-order valence-electron chi connectivity index (χ4n) is 5.45. The topological polar surface area (TPSA) is 127 Å². The molecule has 2 aliphatic carbocycles. The third kappa shape index (κ3) is 5.77. The summed E-state index contributed by atoms with van der Waals surface area (Å²) in [5.41, 5.74) is 1.89. The van der Waals surface area contributed by atoms with Crippen LogP contribution in [0.5, 0.6) is 5.88 Å². The quantitative estimate of drug-likeness (QED) is 0.280. The molecular formula is C30H29ClN6O3. The van der Waals surface area contributed by atoms with Gasteiger partial charge in [0.05, 0.1) is 11.5 Å². The number of aromatic nitrogens is 5. The first-order valence-electron chi connectivity index (χ1n) is 13.6. The van der Waals surface area contributed by atoms with Crippen LogP contribution < -0.4 is 4.74 Å². The van der Waals surface area contributed by atoms with Crippen molar-refractivity contribution >= 4 is 28.7 Å². The van der Waals surface area contributed by atoms with Gasteiger partial charge in [0.1, 0.15) is 23.3 Å². The molecule has 0 aliphatic heterocycles. The van der Waals surface area contributed by atoms with Gasteiger partial charge in [-0.2, -0.15) is 10.2 Å². The van der Waals surface area contributed by atoms with Crippen molar-refractivity contribution in [2.24, 2.45) is 11.3 Å². The molecule has 0 unspecified atom stereocenters. The monoisotopic (exact) mass is 556 g/mol. The lowest BCUT2D eigenvalue weighted by Gasteiger charge is -2.28. The lowest BCUT2D eigenvalue weighted by Crippen LogP contribution is -2.26. The summed E-state index contributed by atoms with van der Waals surface area (Å²) in [7, 11) is 0. The number of ether oxygens (including phenoxy) is 1. The van der Waals surface area contributed by atoms with E-state index in [1.807, 2.05) is 28.8 Å². The number of carboxylic acid groups (broad SMARTS) is 1. The molecule has 1 N–H and O–H groups in total. The SMILES string of the molecule is N#CC1(Cn2c(CC3CCC(Oc4ccnc(Cc5ccc(Cl)cc5)n4)CC3)nc3ccc(C(=O)O)nc32)CC1. The molecule has 0 bridgehead atoms. The lowest BCUT2D eigenvalue weighted by atomic mass is 9.85. The summed E-state index contributed by atoms with van der Waals surface area (Å²) in [6.45, 7) is 0.496. The molecule has 0 atom stereocenters. The first-order valence-corrected chi connectivity index (χ1v) is 14.0. The Morgan fingerprint density at radius 3 is 2.55 bits per heavy atom. The average Bonchev–Trinajstić information content (AvgIpc) is 3.66. The largest absolute Gasteiger partial charge is 0.477 e. The van der Waals surface area contributed by atoms with E-state index in [4.69, 9.17) is 21.3 Å². The zero-order valence-electron chi connectivity index (χ0n) is 22.0. The molecule has 10 heteroatoms. The van der Waals surface area contributed by atoms with E-state index in [2.05, 4.69) is 21.0 Å². The maximum atomic E-state index is 11.5. The Hall–Kier alpha value is -4.03. The highest BCUT2D eigenvalue weighted by Gasteiger charge is 2.44. The molecule has 0 saturated heterocycles. The Kier molecular flexibility index (Phi) is 7.11. The summed E-state index contributed by atoms with van der Waals surface area (Å²) in [6, 6.07) is 15.1. The molecule has 3 heterocycles. The maximum Gasteiger partial charge on any atom is 0.354 e. The third-order valence-electron chi connectivity index (χ3n) is 7.95. The lowest BCUT2D eigenvalue weighted by molar-refractivity contribution is 0.0691. The second-order valence-electron chi connectivity index (χ2n) is 10.9.